The van der Waals surface area contributed by atoms with Crippen molar-refractivity contribution >= 4 is 15.9 Å². The van der Waals surface area contributed by atoms with Crippen molar-refractivity contribution in [1.82, 2.24) is 0 Å². The first-order valence-electron chi connectivity index (χ1n) is 6.98. The molecule has 0 heterocycles. The Hall–Kier alpha value is -0.500. The highest BCUT2D eigenvalue weighted by molar-refractivity contribution is 9.08. The Morgan fingerprint density at radius 2 is 1.61 bits per heavy atom. The zero-order valence-corrected chi connectivity index (χ0v) is 13.5. The summed E-state index contributed by atoms with van der Waals surface area (Å²) in [5.74, 6) is 1.08. The van der Waals surface area contributed by atoms with Crippen LogP contribution in [0.25, 0.3) is 0 Å². The van der Waals surface area contributed by atoms with Crippen LogP contribution in [0.5, 0.6) is 5.75 Å². The standard InChI is InChI=1S/C16H25BrO/c1-4-5-6-7-8-9-18-16-13(2)10-15(12-17)11-14(16)3/h10-11H,4-9,12H2,1-3H3. The summed E-state index contributed by atoms with van der Waals surface area (Å²) in [6.07, 6.45) is 6.43. The molecule has 1 aromatic rings. The van der Waals surface area contributed by atoms with Gasteiger partial charge in [-0.15, -0.1) is 0 Å². The lowest BCUT2D eigenvalue weighted by molar-refractivity contribution is 0.300. The number of alkyl halides is 1. The number of aryl methyl sites for hydroxylation is 2. The molecule has 0 aromatic heterocycles. The molecule has 0 unspecified atom stereocenters. The van der Waals surface area contributed by atoms with E-state index < -0.39 is 0 Å². The highest BCUT2D eigenvalue weighted by Crippen LogP contribution is 2.26. The van der Waals surface area contributed by atoms with Gasteiger partial charge in [0.25, 0.3) is 0 Å². The number of unbranched alkanes of at least 4 members (excludes halogenated alkanes) is 4. The van der Waals surface area contributed by atoms with Crippen LogP contribution in [0, 0.1) is 13.8 Å². The van der Waals surface area contributed by atoms with E-state index in [0.29, 0.717) is 0 Å². The molecule has 0 aliphatic carbocycles. The van der Waals surface area contributed by atoms with E-state index in [-0.39, 0.29) is 0 Å². The van der Waals surface area contributed by atoms with E-state index in [0.717, 1.165) is 17.7 Å². The van der Waals surface area contributed by atoms with E-state index in [1.165, 1.54) is 48.8 Å². The number of ether oxygens (including phenoxy) is 1. The van der Waals surface area contributed by atoms with Gasteiger partial charge < -0.3 is 4.74 Å². The largest absolute Gasteiger partial charge is 0.493 e. The molecule has 0 fully saturated rings. The Bertz CT molecular complexity index is 337. The maximum Gasteiger partial charge on any atom is 0.125 e. The summed E-state index contributed by atoms with van der Waals surface area (Å²) in [4.78, 5) is 0. The summed E-state index contributed by atoms with van der Waals surface area (Å²) in [5, 5.41) is 0.909. The second-order valence-corrected chi connectivity index (χ2v) is 5.52. The molecule has 102 valence electrons. The van der Waals surface area contributed by atoms with Crippen LogP contribution in [-0.2, 0) is 5.33 Å². The molecule has 0 amide bonds. The first-order chi connectivity index (χ1) is 8.69. The van der Waals surface area contributed by atoms with Crippen molar-refractivity contribution in [3.05, 3.63) is 28.8 Å². The third-order valence-corrected chi connectivity index (χ3v) is 3.82. The number of benzene rings is 1. The highest BCUT2D eigenvalue weighted by Gasteiger charge is 2.05. The number of rotatable bonds is 8. The predicted molar refractivity (Wildman–Crippen MR) is 82.8 cm³/mol. The van der Waals surface area contributed by atoms with Gasteiger partial charge in [0, 0.05) is 5.33 Å². The van der Waals surface area contributed by atoms with Crippen molar-refractivity contribution in [3.63, 3.8) is 0 Å². The lowest BCUT2D eigenvalue weighted by Crippen LogP contribution is -2.01. The zero-order valence-electron chi connectivity index (χ0n) is 11.9. The van der Waals surface area contributed by atoms with Crippen LogP contribution in [-0.4, -0.2) is 6.61 Å². The van der Waals surface area contributed by atoms with Gasteiger partial charge >= 0.3 is 0 Å². The van der Waals surface area contributed by atoms with Crippen molar-refractivity contribution in [3.8, 4) is 5.75 Å². The fourth-order valence-corrected chi connectivity index (χ4v) is 2.55. The van der Waals surface area contributed by atoms with Crippen LogP contribution >= 0.6 is 15.9 Å². The molecule has 2 heteroatoms. The Kier molecular flexibility index (Phi) is 7.41. The van der Waals surface area contributed by atoms with Crippen LogP contribution in [0.1, 0.15) is 55.7 Å². The summed E-state index contributed by atoms with van der Waals surface area (Å²) >= 11 is 3.50. The number of halogens is 1. The lowest BCUT2D eigenvalue weighted by Gasteiger charge is -2.13. The van der Waals surface area contributed by atoms with Gasteiger partial charge in [0.05, 0.1) is 6.61 Å². The average Bonchev–Trinajstić information content (AvgIpc) is 2.35. The second kappa shape index (κ2) is 8.58. The van der Waals surface area contributed by atoms with Crippen LogP contribution in [0.2, 0.25) is 0 Å². The van der Waals surface area contributed by atoms with Crippen LogP contribution in [0.4, 0.5) is 0 Å². The summed E-state index contributed by atoms with van der Waals surface area (Å²) < 4.78 is 5.93. The summed E-state index contributed by atoms with van der Waals surface area (Å²) in [6.45, 7) is 7.35. The van der Waals surface area contributed by atoms with Crippen molar-refractivity contribution in [2.45, 2.75) is 58.2 Å². The zero-order chi connectivity index (χ0) is 13.4. The number of hydrogen-bond donors (Lipinski definition) is 0. The van der Waals surface area contributed by atoms with Gasteiger partial charge in [-0.3, -0.25) is 0 Å². The molecule has 0 radical (unpaired) electrons. The van der Waals surface area contributed by atoms with Gasteiger partial charge in [0.15, 0.2) is 0 Å². The van der Waals surface area contributed by atoms with Gasteiger partial charge in [-0.1, -0.05) is 60.7 Å². The van der Waals surface area contributed by atoms with Gasteiger partial charge in [0.2, 0.25) is 0 Å². The second-order valence-electron chi connectivity index (χ2n) is 4.96. The topological polar surface area (TPSA) is 9.23 Å². The van der Waals surface area contributed by atoms with Crippen molar-refractivity contribution in [1.29, 1.82) is 0 Å². The molecule has 18 heavy (non-hydrogen) atoms. The Balaban J connectivity index is 2.42. The quantitative estimate of drug-likeness (QED) is 0.452. The molecule has 0 aliphatic rings. The monoisotopic (exact) mass is 312 g/mol. The van der Waals surface area contributed by atoms with Gasteiger partial charge in [-0.2, -0.15) is 0 Å². The maximum atomic E-state index is 5.93. The molecule has 1 aromatic carbocycles. The van der Waals surface area contributed by atoms with Gasteiger partial charge in [-0.05, 0) is 37.0 Å². The fraction of sp³-hybridized carbons (Fsp3) is 0.625. The van der Waals surface area contributed by atoms with E-state index in [2.05, 4.69) is 48.8 Å². The van der Waals surface area contributed by atoms with Gasteiger partial charge in [-0.25, -0.2) is 0 Å². The molecular formula is C16H25BrO. The van der Waals surface area contributed by atoms with Crippen molar-refractivity contribution < 1.29 is 4.74 Å². The minimum absolute atomic E-state index is 0.846. The fourth-order valence-electron chi connectivity index (χ4n) is 2.22. The highest BCUT2D eigenvalue weighted by atomic mass is 79.9. The summed E-state index contributed by atoms with van der Waals surface area (Å²) in [5.41, 5.74) is 3.82. The van der Waals surface area contributed by atoms with Crippen LogP contribution in [0.3, 0.4) is 0 Å². The molecule has 1 rings (SSSR count). The summed E-state index contributed by atoms with van der Waals surface area (Å²) in [7, 11) is 0. The van der Waals surface area contributed by atoms with E-state index >= 15 is 0 Å². The molecule has 0 spiro atoms. The van der Waals surface area contributed by atoms with E-state index in [1.807, 2.05) is 0 Å². The molecule has 0 bridgehead atoms. The molecule has 1 nitrogen and oxygen atoms in total. The molecule has 0 atom stereocenters. The van der Waals surface area contributed by atoms with Crippen LogP contribution < -0.4 is 4.74 Å². The first-order valence-corrected chi connectivity index (χ1v) is 8.10. The summed E-state index contributed by atoms with van der Waals surface area (Å²) in [6, 6.07) is 4.41. The van der Waals surface area contributed by atoms with Crippen molar-refractivity contribution in [2.24, 2.45) is 0 Å². The SMILES string of the molecule is CCCCCCCOc1c(C)cc(CBr)cc1C. The predicted octanol–water partition coefficient (Wildman–Crippen LogP) is 5.55. The van der Waals surface area contributed by atoms with E-state index in [9.17, 15) is 0 Å². The third kappa shape index (κ3) is 5.01. The normalized spacial score (nSPS) is 10.7. The van der Waals surface area contributed by atoms with E-state index in [1.54, 1.807) is 0 Å². The smallest absolute Gasteiger partial charge is 0.125 e. The van der Waals surface area contributed by atoms with Crippen molar-refractivity contribution in [2.75, 3.05) is 6.61 Å². The molecule has 0 N–H and O–H groups in total. The molecular weight excluding hydrogens is 288 g/mol. The molecule has 0 aliphatic heterocycles. The van der Waals surface area contributed by atoms with Gasteiger partial charge in [0.1, 0.15) is 5.75 Å². The number of hydrogen-bond acceptors (Lipinski definition) is 1. The average molecular weight is 313 g/mol. The Morgan fingerprint density at radius 3 is 2.17 bits per heavy atom. The molecule has 0 saturated heterocycles. The Labute approximate surface area is 120 Å². The Morgan fingerprint density at radius 1 is 1.00 bits per heavy atom. The minimum atomic E-state index is 0.846. The third-order valence-electron chi connectivity index (χ3n) is 3.17. The first kappa shape index (κ1) is 15.6. The lowest BCUT2D eigenvalue weighted by atomic mass is 10.1. The minimum Gasteiger partial charge on any atom is -0.493 e. The van der Waals surface area contributed by atoms with Crippen LogP contribution in [0.15, 0.2) is 12.1 Å². The maximum absolute atomic E-state index is 5.93. The molecule has 0 saturated carbocycles. The van der Waals surface area contributed by atoms with E-state index in [4.69, 9.17) is 4.74 Å².